The van der Waals surface area contributed by atoms with Crippen LogP contribution in [-0.2, 0) is 6.42 Å². The summed E-state index contributed by atoms with van der Waals surface area (Å²) in [6, 6.07) is 11.5. The third-order valence-corrected chi connectivity index (χ3v) is 5.29. The number of hydrogen-bond acceptors (Lipinski definition) is 1. The molecule has 0 bridgehead atoms. The molecule has 0 aromatic heterocycles. The molecule has 1 N–H and O–H groups in total. The second-order valence-corrected chi connectivity index (χ2v) is 6.59. The van der Waals surface area contributed by atoms with Gasteiger partial charge < -0.3 is 5.32 Å². The zero-order valence-electron chi connectivity index (χ0n) is 11.7. The van der Waals surface area contributed by atoms with Crippen LogP contribution in [0.2, 0.25) is 5.02 Å². The molecule has 2 unspecified atom stereocenters. The van der Waals surface area contributed by atoms with E-state index in [0.29, 0.717) is 21.0 Å². The Balaban J connectivity index is 1.99. The summed E-state index contributed by atoms with van der Waals surface area (Å²) in [6.45, 7) is 2.83. The number of fused-ring (bicyclic) bond motifs is 1. The Bertz CT molecular complexity index is 674. The lowest BCUT2D eigenvalue weighted by molar-refractivity contribution is 0.405. The molecule has 0 saturated carbocycles. The Morgan fingerprint density at radius 3 is 2.86 bits per heavy atom. The van der Waals surface area contributed by atoms with Gasteiger partial charge in [-0.05, 0) is 52.2 Å². The summed E-state index contributed by atoms with van der Waals surface area (Å²) in [7, 11) is 0. The van der Waals surface area contributed by atoms with Crippen molar-refractivity contribution in [1.29, 1.82) is 0 Å². The van der Waals surface area contributed by atoms with Gasteiger partial charge in [0, 0.05) is 22.0 Å². The number of hydrogen-bond donors (Lipinski definition) is 1. The van der Waals surface area contributed by atoms with Gasteiger partial charge in [-0.2, -0.15) is 0 Å². The highest BCUT2D eigenvalue weighted by atomic mass is 79.9. The van der Waals surface area contributed by atoms with Gasteiger partial charge in [0.25, 0.3) is 0 Å². The van der Waals surface area contributed by atoms with Crippen molar-refractivity contribution in [3.05, 3.63) is 68.4 Å². The van der Waals surface area contributed by atoms with Crippen molar-refractivity contribution in [2.24, 2.45) is 0 Å². The summed E-state index contributed by atoms with van der Waals surface area (Å²) in [5.74, 6) is 0.0782. The van der Waals surface area contributed by atoms with E-state index in [1.165, 1.54) is 17.2 Å². The first-order valence-electron chi connectivity index (χ1n) is 7.07. The smallest absolute Gasteiger partial charge is 0.129 e. The molecule has 0 aliphatic heterocycles. The molecule has 0 fully saturated rings. The maximum atomic E-state index is 14.4. The molecule has 3 rings (SSSR count). The van der Waals surface area contributed by atoms with Gasteiger partial charge in [0.05, 0.1) is 5.02 Å². The molecular weight excluding hydrogens is 353 g/mol. The van der Waals surface area contributed by atoms with Crippen LogP contribution in [0.4, 0.5) is 4.39 Å². The standard InChI is InChI=1S/C17H16BrClFN/c1-2-21-17(12-7-10-5-3-4-6-11(10)12)13-8-15(19)14(18)9-16(13)20/h3-6,8-9,12,17,21H,2,7H2,1H3. The molecule has 2 atom stereocenters. The predicted octanol–water partition coefficient (Wildman–Crippen LogP) is 5.23. The molecule has 1 aliphatic rings. The van der Waals surface area contributed by atoms with Gasteiger partial charge >= 0.3 is 0 Å². The molecule has 2 aromatic carbocycles. The summed E-state index contributed by atoms with van der Waals surface area (Å²) in [5, 5.41) is 3.96. The highest BCUT2D eigenvalue weighted by molar-refractivity contribution is 9.10. The summed E-state index contributed by atoms with van der Waals surface area (Å²) in [5.41, 5.74) is 3.31. The van der Waals surface area contributed by atoms with E-state index in [4.69, 9.17) is 11.6 Å². The first-order valence-corrected chi connectivity index (χ1v) is 8.24. The minimum atomic E-state index is -0.221. The Morgan fingerprint density at radius 1 is 1.38 bits per heavy atom. The first kappa shape index (κ1) is 15.0. The molecule has 1 nitrogen and oxygen atoms in total. The van der Waals surface area contributed by atoms with E-state index in [1.807, 2.05) is 19.1 Å². The van der Waals surface area contributed by atoms with E-state index in [1.54, 1.807) is 6.07 Å². The van der Waals surface area contributed by atoms with Crippen molar-refractivity contribution in [2.75, 3.05) is 6.54 Å². The Hall–Kier alpha value is -0.900. The molecule has 0 heterocycles. The molecule has 110 valence electrons. The minimum Gasteiger partial charge on any atom is -0.310 e. The Kier molecular flexibility index (Phi) is 4.34. The molecule has 1 aliphatic carbocycles. The maximum absolute atomic E-state index is 14.4. The van der Waals surface area contributed by atoms with Crippen LogP contribution >= 0.6 is 27.5 Å². The number of benzene rings is 2. The van der Waals surface area contributed by atoms with Crippen molar-refractivity contribution in [3.63, 3.8) is 0 Å². The van der Waals surface area contributed by atoms with Crippen LogP contribution in [0, 0.1) is 5.82 Å². The highest BCUT2D eigenvalue weighted by Gasteiger charge is 2.34. The van der Waals surface area contributed by atoms with Crippen LogP contribution in [-0.4, -0.2) is 6.54 Å². The maximum Gasteiger partial charge on any atom is 0.129 e. The monoisotopic (exact) mass is 367 g/mol. The zero-order valence-corrected chi connectivity index (χ0v) is 14.0. The summed E-state index contributed by atoms with van der Waals surface area (Å²) in [4.78, 5) is 0. The van der Waals surface area contributed by atoms with E-state index in [9.17, 15) is 4.39 Å². The Morgan fingerprint density at radius 2 is 2.14 bits per heavy atom. The molecule has 0 saturated heterocycles. The van der Waals surface area contributed by atoms with Crippen molar-refractivity contribution < 1.29 is 4.39 Å². The van der Waals surface area contributed by atoms with Gasteiger partial charge in [-0.25, -0.2) is 4.39 Å². The molecule has 0 radical (unpaired) electrons. The molecule has 0 spiro atoms. The molecule has 4 heteroatoms. The van der Waals surface area contributed by atoms with Gasteiger partial charge in [-0.15, -0.1) is 0 Å². The lowest BCUT2D eigenvalue weighted by atomic mass is 9.71. The van der Waals surface area contributed by atoms with Crippen LogP contribution in [0.5, 0.6) is 0 Å². The quantitative estimate of drug-likeness (QED) is 0.728. The van der Waals surface area contributed by atoms with E-state index >= 15 is 0 Å². The van der Waals surface area contributed by atoms with E-state index in [2.05, 4.69) is 33.4 Å². The SMILES string of the molecule is CCNC(c1cc(Cl)c(Br)cc1F)C1Cc2ccccc21. The Labute approximate surface area is 137 Å². The number of nitrogens with one attached hydrogen (secondary N) is 1. The fourth-order valence-corrected chi connectivity index (χ4v) is 3.55. The van der Waals surface area contributed by atoms with Gasteiger partial charge in [0.15, 0.2) is 0 Å². The van der Waals surface area contributed by atoms with Gasteiger partial charge in [0.2, 0.25) is 0 Å². The fourth-order valence-electron chi connectivity index (χ4n) is 3.06. The number of likely N-dealkylation sites (N-methyl/N-ethyl adjacent to an activating group) is 1. The highest BCUT2D eigenvalue weighted by Crippen LogP contribution is 2.44. The van der Waals surface area contributed by atoms with Crippen LogP contribution in [0.3, 0.4) is 0 Å². The average Bonchev–Trinajstić information content (AvgIpc) is 2.43. The van der Waals surface area contributed by atoms with Crippen LogP contribution in [0.15, 0.2) is 40.9 Å². The van der Waals surface area contributed by atoms with E-state index in [-0.39, 0.29) is 11.9 Å². The molecule has 2 aromatic rings. The zero-order chi connectivity index (χ0) is 15.0. The lowest BCUT2D eigenvalue weighted by Crippen LogP contribution is -2.33. The van der Waals surface area contributed by atoms with Gasteiger partial charge in [0.1, 0.15) is 5.82 Å². The predicted molar refractivity (Wildman–Crippen MR) is 88.4 cm³/mol. The molecular formula is C17H16BrClFN. The fraction of sp³-hybridized carbons (Fsp3) is 0.294. The van der Waals surface area contributed by atoms with Crippen molar-refractivity contribution in [2.45, 2.75) is 25.3 Å². The first-order chi connectivity index (χ1) is 10.1. The van der Waals surface area contributed by atoms with E-state index < -0.39 is 0 Å². The van der Waals surface area contributed by atoms with Crippen LogP contribution in [0.25, 0.3) is 0 Å². The van der Waals surface area contributed by atoms with Crippen molar-refractivity contribution in [3.8, 4) is 0 Å². The third-order valence-electron chi connectivity index (χ3n) is 4.10. The summed E-state index contributed by atoms with van der Waals surface area (Å²) < 4.78 is 15.0. The van der Waals surface area contributed by atoms with Crippen LogP contribution in [0.1, 0.15) is 35.6 Å². The van der Waals surface area contributed by atoms with E-state index in [0.717, 1.165) is 13.0 Å². The van der Waals surface area contributed by atoms with Crippen molar-refractivity contribution in [1.82, 2.24) is 5.32 Å². The van der Waals surface area contributed by atoms with Gasteiger partial charge in [-0.1, -0.05) is 42.8 Å². The third kappa shape index (κ3) is 2.75. The number of rotatable bonds is 4. The number of halogens is 3. The summed E-state index contributed by atoms with van der Waals surface area (Å²) in [6.07, 6.45) is 0.973. The molecule has 21 heavy (non-hydrogen) atoms. The normalized spacial score (nSPS) is 18.0. The lowest BCUT2D eigenvalue weighted by Gasteiger charge is -2.37. The van der Waals surface area contributed by atoms with Crippen molar-refractivity contribution >= 4 is 27.5 Å². The molecule has 0 amide bonds. The van der Waals surface area contributed by atoms with Gasteiger partial charge in [-0.3, -0.25) is 0 Å². The minimum absolute atomic E-state index is 0.0458. The topological polar surface area (TPSA) is 12.0 Å². The second-order valence-electron chi connectivity index (χ2n) is 5.33. The summed E-state index contributed by atoms with van der Waals surface area (Å²) >= 11 is 9.42. The van der Waals surface area contributed by atoms with Crippen LogP contribution < -0.4 is 5.32 Å². The second kappa shape index (κ2) is 6.07. The average molecular weight is 369 g/mol. The largest absolute Gasteiger partial charge is 0.310 e.